The van der Waals surface area contributed by atoms with Crippen molar-refractivity contribution in [1.82, 2.24) is 0 Å². The molecule has 0 unspecified atom stereocenters. The number of anilines is 1. The fraction of sp³-hybridized carbons (Fsp3) is 0.667. The molecule has 1 aromatic rings. The quantitative estimate of drug-likeness (QED) is 0.853. The molecule has 2 fully saturated rings. The van der Waals surface area contributed by atoms with Crippen molar-refractivity contribution in [2.75, 3.05) is 12.4 Å². The van der Waals surface area contributed by atoms with Crippen LogP contribution in [-0.2, 0) is 22.4 Å². The summed E-state index contributed by atoms with van der Waals surface area (Å²) in [5, 5.41) is 3.72. The molecule has 5 heteroatoms. The van der Waals surface area contributed by atoms with E-state index < -0.39 is 0 Å². The zero-order chi connectivity index (χ0) is 16.0. The van der Waals surface area contributed by atoms with Gasteiger partial charge in [0.15, 0.2) is 0 Å². The highest BCUT2D eigenvalue weighted by atomic mass is 32.1. The number of amides is 1. The van der Waals surface area contributed by atoms with Crippen LogP contribution in [0.4, 0.5) is 5.00 Å². The van der Waals surface area contributed by atoms with Gasteiger partial charge in [0.2, 0.25) is 5.91 Å². The number of aryl methyl sites for hydroxylation is 1. The SMILES string of the molecule is COC(=O)c1c(NC(=O)C[C@@H]2C[C@H]3CC[C@H]2C3)sc2c1CCC2. The number of nitrogens with one attached hydrogen (secondary N) is 1. The van der Waals surface area contributed by atoms with Gasteiger partial charge in [-0.2, -0.15) is 0 Å². The summed E-state index contributed by atoms with van der Waals surface area (Å²) in [7, 11) is 1.40. The average Bonchev–Trinajstić information content (AvgIpc) is 3.26. The molecule has 4 rings (SSSR count). The Morgan fingerprint density at radius 2 is 2.13 bits per heavy atom. The van der Waals surface area contributed by atoms with Gasteiger partial charge in [-0.05, 0) is 61.8 Å². The number of fused-ring (bicyclic) bond motifs is 3. The van der Waals surface area contributed by atoms with Gasteiger partial charge >= 0.3 is 5.97 Å². The molecule has 0 aromatic carbocycles. The van der Waals surface area contributed by atoms with Crippen LogP contribution < -0.4 is 5.32 Å². The maximum atomic E-state index is 12.5. The molecule has 23 heavy (non-hydrogen) atoms. The normalized spacial score (nSPS) is 28.0. The Kier molecular flexibility index (Phi) is 3.92. The molecule has 3 atom stereocenters. The molecular weight excluding hydrogens is 310 g/mol. The summed E-state index contributed by atoms with van der Waals surface area (Å²) in [6, 6.07) is 0. The highest BCUT2D eigenvalue weighted by Crippen LogP contribution is 2.49. The van der Waals surface area contributed by atoms with Crippen LogP contribution in [0.15, 0.2) is 0 Å². The second kappa shape index (κ2) is 5.93. The van der Waals surface area contributed by atoms with Crippen molar-refractivity contribution in [1.29, 1.82) is 0 Å². The Morgan fingerprint density at radius 1 is 1.26 bits per heavy atom. The molecule has 124 valence electrons. The minimum absolute atomic E-state index is 0.0626. The van der Waals surface area contributed by atoms with E-state index in [1.807, 2.05) is 0 Å². The average molecular weight is 333 g/mol. The first-order valence-electron chi connectivity index (χ1n) is 8.68. The fourth-order valence-corrected chi connectivity index (χ4v) is 6.15. The summed E-state index contributed by atoms with van der Waals surface area (Å²) in [5.74, 6) is 1.89. The second-order valence-corrected chi connectivity index (χ2v) is 8.35. The lowest BCUT2D eigenvalue weighted by Gasteiger charge is -2.20. The van der Waals surface area contributed by atoms with Gasteiger partial charge in [-0.3, -0.25) is 4.79 Å². The molecule has 3 aliphatic carbocycles. The molecule has 0 spiro atoms. The molecule has 0 saturated heterocycles. The summed E-state index contributed by atoms with van der Waals surface area (Å²) in [6.45, 7) is 0. The van der Waals surface area contributed by atoms with E-state index in [0.717, 1.165) is 36.7 Å². The third-order valence-corrected chi connectivity index (χ3v) is 7.10. The number of thiophene rings is 1. The van der Waals surface area contributed by atoms with Gasteiger partial charge < -0.3 is 10.1 Å². The fourth-order valence-electron chi connectivity index (χ4n) is 4.85. The zero-order valence-corrected chi connectivity index (χ0v) is 14.3. The molecule has 3 aliphatic rings. The van der Waals surface area contributed by atoms with Crippen LogP contribution in [0.25, 0.3) is 0 Å². The summed E-state index contributed by atoms with van der Waals surface area (Å²) in [6.07, 6.45) is 8.79. The Bertz CT molecular complexity index is 651. The van der Waals surface area contributed by atoms with Crippen molar-refractivity contribution >= 4 is 28.2 Å². The monoisotopic (exact) mass is 333 g/mol. The van der Waals surface area contributed by atoms with Crippen LogP contribution >= 0.6 is 11.3 Å². The minimum atomic E-state index is -0.320. The standard InChI is InChI=1S/C18H23NO3S/c1-22-18(21)16-13-3-2-4-14(13)23-17(16)19-15(20)9-12-8-10-5-6-11(12)7-10/h10-12H,2-9H2,1H3,(H,19,20)/t10-,11-,12-/m0/s1. The van der Waals surface area contributed by atoms with Crippen molar-refractivity contribution in [2.45, 2.75) is 51.4 Å². The lowest BCUT2D eigenvalue weighted by Crippen LogP contribution is -2.21. The number of hydrogen-bond acceptors (Lipinski definition) is 4. The maximum Gasteiger partial charge on any atom is 0.341 e. The first-order valence-corrected chi connectivity index (χ1v) is 9.50. The molecule has 1 aromatic heterocycles. The van der Waals surface area contributed by atoms with E-state index in [-0.39, 0.29) is 11.9 Å². The Hall–Kier alpha value is -1.36. The van der Waals surface area contributed by atoms with Gasteiger partial charge in [-0.1, -0.05) is 6.42 Å². The molecular formula is C18H23NO3S. The Balaban J connectivity index is 1.48. The highest BCUT2D eigenvalue weighted by Gasteiger charge is 2.40. The van der Waals surface area contributed by atoms with Gasteiger partial charge in [0.1, 0.15) is 5.00 Å². The van der Waals surface area contributed by atoms with Crippen LogP contribution in [-0.4, -0.2) is 19.0 Å². The third kappa shape index (κ3) is 2.69. The number of methoxy groups -OCH3 is 1. The van der Waals surface area contributed by atoms with Gasteiger partial charge in [0.25, 0.3) is 0 Å². The Labute approximate surface area is 140 Å². The van der Waals surface area contributed by atoms with Gasteiger partial charge in [-0.25, -0.2) is 4.79 Å². The number of carbonyl (C=O) groups excluding carboxylic acids is 2. The minimum Gasteiger partial charge on any atom is -0.465 e. The van der Waals surface area contributed by atoms with E-state index in [2.05, 4.69) is 5.32 Å². The smallest absolute Gasteiger partial charge is 0.341 e. The number of rotatable bonds is 4. The largest absolute Gasteiger partial charge is 0.465 e. The van der Waals surface area contributed by atoms with E-state index in [1.165, 1.54) is 37.7 Å². The molecule has 1 N–H and O–H groups in total. The second-order valence-electron chi connectivity index (χ2n) is 7.24. The summed E-state index contributed by atoms with van der Waals surface area (Å²) >= 11 is 1.56. The van der Waals surface area contributed by atoms with Crippen LogP contribution in [0, 0.1) is 17.8 Å². The summed E-state index contributed by atoms with van der Waals surface area (Å²) < 4.78 is 4.93. The number of ether oxygens (including phenoxy) is 1. The van der Waals surface area contributed by atoms with Crippen LogP contribution in [0.2, 0.25) is 0 Å². The first kappa shape index (κ1) is 15.2. The number of carbonyl (C=O) groups is 2. The zero-order valence-electron chi connectivity index (χ0n) is 13.5. The van der Waals surface area contributed by atoms with Crippen molar-refractivity contribution in [3.8, 4) is 0 Å². The molecule has 0 radical (unpaired) electrons. The molecule has 2 bridgehead atoms. The predicted octanol–water partition coefficient (Wildman–Crippen LogP) is 3.79. The van der Waals surface area contributed by atoms with Crippen LogP contribution in [0.3, 0.4) is 0 Å². The lowest BCUT2D eigenvalue weighted by molar-refractivity contribution is -0.117. The number of hydrogen-bond donors (Lipinski definition) is 1. The van der Waals surface area contributed by atoms with Gasteiger partial charge in [-0.15, -0.1) is 11.3 Å². The topological polar surface area (TPSA) is 55.4 Å². The Morgan fingerprint density at radius 3 is 2.83 bits per heavy atom. The lowest BCUT2D eigenvalue weighted by atomic mass is 9.86. The van der Waals surface area contributed by atoms with E-state index >= 15 is 0 Å². The van der Waals surface area contributed by atoms with Crippen molar-refractivity contribution in [2.24, 2.45) is 17.8 Å². The molecule has 2 saturated carbocycles. The maximum absolute atomic E-state index is 12.5. The summed E-state index contributed by atoms with van der Waals surface area (Å²) in [4.78, 5) is 25.8. The first-order chi connectivity index (χ1) is 11.2. The third-order valence-electron chi connectivity index (χ3n) is 5.90. The predicted molar refractivity (Wildman–Crippen MR) is 89.9 cm³/mol. The highest BCUT2D eigenvalue weighted by molar-refractivity contribution is 7.17. The molecule has 1 amide bonds. The van der Waals surface area contributed by atoms with Gasteiger partial charge in [0, 0.05) is 11.3 Å². The van der Waals surface area contributed by atoms with E-state index in [4.69, 9.17) is 4.74 Å². The summed E-state index contributed by atoms with van der Waals surface area (Å²) in [5.41, 5.74) is 1.70. The number of esters is 1. The van der Waals surface area contributed by atoms with E-state index in [0.29, 0.717) is 22.9 Å². The van der Waals surface area contributed by atoms with Crippen molar-refractivity contribution in [3.63, 3.8) is 0 Å². The van der Waals surface area contributed by atoms with Gasteiger partial charge in [0.05, 0.1) is 12.7 Å². The molecule has 4 nitrogen and oxygen atoms in total. The van der Waals surface area contributed by atoms with Crippen molar-refractivity contribution < 1.29 is 14.3 Å². The van der Waals surface area contributed by atoms with Crippen LogP contribution in [0.5, 0.6) is 0 Å². The van der Waals surface area contributed by atoms with E-state index in [1.54, 1.807) is 11.3 Å². The molecule has 1 heterocycles. The van der Waals surface area contributed by atoms with Crippen molar-refractivity contribution in [3.05, 3.63) is 16.0 Å². The van der Waals surface area contributed by atoms with E-state index in [9.17, 15) is 9.59 Å². The van der Waals surface area contributed by atoms with Crippen LogP contribution in [0.1, 0.15) is 59.3 Å². The molecule has 0 aliphatic heterocycles.